The van der Waals surface area contributed by atoms with Crippen LogP contribution in [0.4, 0.5) is 11.4 Å². The summed E-state index contributed by atoms with van der Waals surface area (Å²) < 4.78 is 1.11. The van der Waals surface area contributed by atoms with Crippen molar-refractivity contribution in [3.05, 3.63) is 23.1 Å². The van der Waals surface area contributed by atoms with Crippen LogP contribution in [0.2, 0.25) is 0 Å². The minimum atomic E-state index is 0.428. The predicted molar refractivity (Wildman–Crippen MR) is 60.2 cm³/mol. The van der Waals surface area contributed by atoms with Crippen LogP contribution in [0.15, 0.2) is 17.5 Å². The molecule has 0 aliphatic rings. The summed E-state index contributed by atoms with van der Waals surface area (Å²) in [6.45, 7) is 0. The van der Waals surface area contributed by atoms with Crippen LogP contribution < -0.4 is 11.5 Å². The molecule has 1 aromatic heterocycles. The van der Waals surface area contributed by atoms with E-state index in [1.165, 1.54) is 0 Å². The van der Waals surface area contributed by atoms with E-state index in [2.05, 4.69) is 0 Å². The van der Waals surface area contributed by atoms with Crippen molar-refractivity contribution in [1.29, 1.82) is 0 Å². The highest BCUT2D eigenvalue weighted by atomic mass is 35.5. The van der Waals surface area contributed by atoms with Gasteiger partial charge in [0.1, 0.15) is 0 Å². The summed E-state index contributed by atoms with van der Waals surface area (Å²) in [5.74, 6) is 0.428. The third kappa shape index (κ3) is 1.24. The number of alkyl halides is 1. The molecule has 68 valence electrons. The van der Waals surface area contributed by atoms with Gasteiger partial charge in [0.25, 0.3) is 0 Å². The quantitative estimate of drug-likeness (QED) is 0.564. The number of rotatable bonds is 1. The van der Waals surface area contributed by atoms with E-state index in [1.54, 1.807) is 11.3 Å². The van der Waals surface area contributed by atoms with Crippen molar-refractivity contribution >= 4 is 44.4 Å². The lowest BCUT2D eigenvalue weighted by molar-refractivity contribution is 1.43. The zero-order valence-corrected chi connectivity index (χ0v) is 8.45. The van der Waals surface area contributed by atoms with Crippen LogP contribution in [-0.2, 0) is 5.88 Å². The molecule has 0 fully saturated rings. The predicted octanol–water partition coefficient (Wildman–Crippen LogP) is 2.80. The van der Waals surface area contributed by atoms with Crippen molar-refractivity contribution in [1.82, 2.24) is 0 Å². The molecular formula is C9H9ClN2S. The first-order valence-corrected chi connectivity index (χ1v) is 5.25. The van der Waals surface area contributed by atoms with Crippen LogP contribution in [0.3, 0.4) is 0 Å². The van der Waals surface area contributed by atoms with Gasteiger partial charge in [0.2, 0.25) is 0 Å². The summed E-state index contributed by atoms with van der Waals surface area (Å²) in [6, 6.07) is 3.95. The first-order chi connectivity index (χ1) is 6.24. The molecule has 0 aliphatic heterocycles. The highest BCUT2D eigenvalue weighted by Crippen LogP contribution is 2.35. The van der Waals surface area contributed by atoms with Gasteiger partial charge >= 0.3 is 0 Å². The van der Waals surface area contributed by atoms with Crippen LogP contribution in [0, 0.1) is 0 Å². The van der Waals surface area contributed by atoms with Gasteiger partial charge < -0.3 is 11.5 Å². The molecule has 2 rings (SSSR count). The SMILES string of the molecule is Nc1csc2ccc(CCl)c(N)c12. The fourth-order valence-corrected chi connectivity index (χ4v) is 2.44. The van der Waals surface area contributed by atoms with Crippen molar-refractivity contribution in [2.24, 2.45) is 0 Å². The van der Waals surface area contributed by atoms with Crippen LogP contribution in [0.25, 0.3) is 10.1 Å². The van der Waals surface area contributed by atoms with Crippen LogP contribution in [0.5, 0.6) is 0 Å². The first-order valence-electron chi connectivity index (χ1n) is 3.84. The number of halogens is 1. The normalized spacial score (nSPS) is 10.8. The molecule has 0 saturated heterocycles. The Bertz CT molecular complexity index is 450. The number of thiophene rings is 1. The zero-order valence-electron chi connectivity index (χ0n) is 6.88. The maximum absolute atomic E-state index is 5.92. The maximum atomic E-state index is 5.92. The molecule has 0 radical (unpaired) electrons. The van der Waals surface area contributed by atoms with E-state index >= 15 is 0 Å². The van der Waals surface area contributed by atoms with Gasteiger partial charge in [-0.25, -0.2) is 0 Å². The first kappa shape index (κ1) is 8.66. The smallest absolute Gasteiger partial charge is 0.0523 e. The fourth-order valence-electron chi connectivity index (χ4n) is 1.34. The molecule has 0 amide bonds. The number of benzene rings is 1. The summed E-state index contributed by atoms with van der Waals surface area (Å²) >= 11 is 7.33. The minimum Gasteiger partial charge on any atom is -0.398 e. The van der Waals surface area contributed by atoms with Crippen LogP contribution in [0.1, 0.15) is 5.56 Å². The number of anilines is 2. The fraction of sp³-hybridized carbons (Fsp3) is 0.111. The van der Waals surface area contributed by atoms with Crippen molar-refractivity contribution in [2.75, 3.05) is 11.5 Å². The lowest BCUT2D eigenvalue weighted by Gasteiger charge is -2.03. The highest BCUT2D eigenvalue weighted by molar-refractivity contribution is 7.17. The summed E-state index contributed by atoms with van der Waals surface area (Å²) in [7, 11) is 0. The van der Waals surface area contributed by atoms with Gasteiger partial charge in [0.15, 0.2) is 0 Å². The average Bonchev–Trinajstić information content (AvgIpc) is 2.49. The highest BCUT2D eigenvalue weighted by Gasteiger charge is 2.07. The van der Waals surface area contributed by atoms with E-state index in [0.717, 1.165) is 21.3 Å². The van der Waals surface area contributed by atoms with Gasteiger partial charge in [0.05, 0.1) is 5.69 Å². The molecule has 0 aliphatic carbocycles. The number of hydrogen-bond donors (Lipinski definition) is 2. The second-order valence-corrected chi connectivity index (χ2v) is 4.01. The Morgan fingerprint density at radius 1 is 1.31 bits per heavy atom. The van der Waals surface area contributed by atoms with Crippen LogP contribution in [-0.4, -0.2) is 0 Å². The monoisotopic (exact) mass is 212 g/mol. The van der Waals surface area contributed by atoms with Crippen molar-refractivity contribution in [3.8, 4) is 0 Å². The molecule has 0 atom stereocenters. The molecule has 0 unspecified atom stereocenters. The van der Waals surface area contributed by atoms with Gasteiger partial charge in [0, 0.05) is 27.0 Å². The van der Waals surface area contributed by atoms with Gasteiger partial charge in [-0.2, -0.15) is 0 Å². The molecular weight excluding hydrogens is 204 g/mol. The number of nitrogens with two attached hydrogens (primary N) is 2. The van der Waals surface area contributed by atoms with Gasteiger partial charge in [-0.3, -0.25) is 0 Å². The lowest BCUT2D eigenvalue weighted by Crippen LogP contribution is -1.93. The van der Waals surface area contributed by atoms with E-state index in [0.29, 0.717) is 11.6 Å². The number of nitrogen functional groups attached to an aromatic ring is 2. The van der Waals surface area contributed by atoms with Gasteiger partial charge in [-0.15, -0.1) is 22.9 Å². The Labute approximate surface area is 85.1 Å². The maximum Gasteiger partial charge on any atom is 0.0523 e. The van der Waals surface area contributed by atoms with Crippen molar-refractivity contribution < 1.29 is 0 Å². The van der Waals surface area contributed by atoms with E-state index in [4.69, 9.17) is 23.1 Å². The number of fused-ring (bicyclic) bond motifs is 1. The van der Waals surface area contributed by atoms with Crippen molar-refractivity contribution in [2.45, 2.75) is 5.88 Å². The molecule has 2 aromatic rings. The Hall–Kier alpha value is -0.930. The molecule has 4 heteroatoms. The molecule has 1 aromatic carbocycles. The molecule has 1 heterocycles. The summed E-state index contributed by atoms with van der Waals surface area (Å²) in [5, 5.41) is 2.85. The molecule has 13 heavy (non-hydrogen) atoms. The second-order valence-electron chi connectivity index (χ2n) is 2.84. The summed E-state index contributed by atoms with van der Waals surface area (Å²) in [5.41, 5.74) is 14.1. The Morgan fingerprint density at radius 3 is 2.77 bits per heavy atom. The molecule has 0 bridgehead atoms. The Morgan fingerprint density at radius 2 is 2.08 bits per heavy atom. The lowest BCUT2D eigenvalue weighted by atomic mass is 10.1. The van der Waals surface area contributed by atoms with E-state index < -0.39 is 0 Å². The Balaban J connectivity index is 2.83. The third-order valence-electron chi connectivity index (χ3n) is 2.04. The molecule has 0 saturated carbocycles. The Kier molecular flexibility index (Phi) is 2.06. The summed E-state index contributed by atoms with van der Waals surface area (Å²) in [6.07, 6.45) is 0. The van der Waals surface area contributed by atoms with Gasteiger partial charge in [-0.05, 0) is 11.6 Å². The van der Waals surface area contributed by atoms with Crippen LogP contribution >= 0.6 is 22.9 Å². The molecule has 4 N–H and O–H groups in total. The van der Waals surface area contributed by atoms with E-state index in [9.17, 15) is 0 Å². The average molecular weight is 213 g/mol. The standard InChI is InChI=1S/C9H9ClN2S/c10-3-5-1-2-7-8(9(5)12)6(11)4-13-7/h1-2,4H,3,11-12H2. The van der Waals surface area contributed by atoms with E-state index in [1.807, 2.05) is 17.5 Å². The molecule has 0 spiro atoms. The molecule has 2 nitrogen and oxygen atoms in total. The number of hydrogen-bond acceptors (Lipinski definition) is 3. The topological polar surface area (TPSA) is 52.0 Å². The largest absolute Gasteiger partial charge is 0.398 e. The minimum absolute atomic E-state index is 0.428. The van der Waals surface area contributed by atoms with Gasteiger partial charge in [-0.1, -0.05) is 6.07 Å². The van der Waals surface area contributed by atoms with E-state index in [-0.39, 0.29) is 0 Å². The summed E-state index contributed by atoms with van der Waals surface area (Å²) in [4.78, 5) is 0. The third-order valence-corrected chi connectivity index (χ3v) is 3.30. The van der Waals surface area contributed by atoms with Crippen molar-refractivity contribution in [3.63, 3.8) is 0 Å². The zero-order chi connectivity index (χ0) is 9.42. The second kappa shape index (κ2) is 3.09.